The first kappa shape index (κ1) is 21.7. The number of aromatic nitrogens is 4. The second-order valence-electron chi connectivity index (χ2n) is 8.33. The van der Waals surface area contributed by atoms with Gasteiger partial charge in [0.1, 0.15) is 18.2 Å². The standard InChI is InChI=1S/C24H28N6O2/c1-17(2)24-25-18(3)15-21(26-24)28-11-13-29(14-12-28)23(32)16-30-22(31)10-9-20(27-30)19-7-5-4-6-8-19/h4-10,15,17H,11-14,16H2,1-3H3. The lowest BCUT2D eigenvalue weighted by Crippen LogP contribution is -2.50. The highest BCUT2D eigenvalue weighted by molar-refractivity contribution is 5.76. The van der Waals surface area contributed by atoms with Crippen molar-refractivity contribution in [2.24, 2.45) is 0 Å². The number of anilines is 1. The van der Waals surface area contributed by atoms with Crippen molar-refractivity contribution in [2.75, 3.05) is 31.1 Å². The SMILES string of the molecule is Cc1cc(N2CCN(C(=O)Cn3nc(-c4ccccc4)ccc3=O)CC2)nc(C(C)C)n1. The van der Waals surface area contributed by atoms with E-state index in [-0.39, 0.29) is 23.9 Å². The molecule has 1 aromatic carbocycles. The Morgan fingerprint density at radius 2 is 1.72 bits per heavy atom. The third-order valence-electron chi connectivity index (χ3n) is 5.55. The van der Waals surface area contributed by atoms with Crippen LogP contribution in [0.1, 0.15) is 31.3 Å². The number of aryl methyl sites for hydroxylation is 1. The summed E-state index contributed by atoms with van der Waals surface area (Å²) in [7, 11) is 0. The molecule has 0 aliphatic carbocycles. The zero-order valence-electron chi connectivity index (χ0n) is 18.7. The van der Waals surface area contributed by atoms with Gasteiger partial charge < -0.3 is 9.80 Å². The summed E-state index contributed by atoms with van der Waals surface area (Å²) in [6.45, 7) is 8.60. The van der Waals surface area contributed by atoms with Crippen molar-refractivity contribution in [1.29, 1.82) is 0 Å². The van der Waals surface area contributed by atoms with E-state index in [0.717, 1.165) is 22.9 Å². The Labute approximate surface area is 187 Å². The number of hydrogen-bond donors (Lipinski definition) is 0. The van der Waals surface area contributed by atoms with Gasteiger partial charge in [-0.15, -0.1) is 0 Å². The largest absolute Gasteiger partial charge is 0.353 e. The zero-order chi connectivity index (χ0) is 22.7. The second-order valence-corrected chi connectivity index (χ2v) is 8.33. The van der Waals surface area contributed by atoms with Gasteiger partial charge in [0.25, 0.3) is 5.56 Å². The minimum atomic E-state index is -0.283. The summed E-state index contributed by atoms with van der Waals surface area (Å²) in [5, 5.41) is 4.41. The molecule has 0 spiro atoms. The first-order valence-electron chi connectivity index (χ1n) is 10.9. The van der Waals surface area contributed by atoms with E-state index in [1.807, 2.05) is 43.3 Å². The van der Waals surface area contributed by atoms with Crippen LogP contribution in [0.4, 0.5) is 5.82 Å². The molecule has 1 fully saturated rings. The van der Waals surface area contributed by atoms with Crippen molar-refractivity contribution in [3.63, 3.8) is 0 Å². The Morgan fingerprint density at radius 1 is 1.00 bits per heavy atom. The number of hydrogen-bond acceptors (Lipinski definition) is 6. The van der Waals surface area contributed by atoms with Gasteiger partial charge in [-0.3, -0.25) is 9.59 Å². The van der Waals surface area contributed by atoms with Crippen LogP contribution in [0.25, 0.3) is 11.3 Å². The molecule has 0 bridgehead atoms. The Balaban J connectivity index is 1.42. The predicted molar refractivity (Wildman–Crippen MR) is 124 cm³/mol. The van der Waals surface area contributed by atoms with E-state index in [2.05, 4.69) is 28.8 Å². The number of carbonyl (C=O) groups is 1. The van der Waals surface area contributed by atoms with Crippen molar-refractivity contribution in [3.8, 4) is 11.3 Å². The number of benzene rings is 1. The van der Waals surface area contributed by atoms with Gasteiger partial charge >= 0.3 is 0 Å². The summed E-state index contributed by atoms with van der Waals surface area (Å²) in [5.74, 6) is 1.89. The average molecular weight is 433 g/mol. The molecule has 1 aliphatic heterocycles. The molecule has 0 unspecified atom stereocenters. The Bertz CT molecular complexity index is 1150. The van der Waals surface area contributed by atoms with Crippen LogP contribution in [0, 0.1) is 6.92 Å². The van der Waals surface area contributed by atoms with Crippen molar-refractivity contribution < 1.29 is 4.79 Å². The lowest BCUT2D eigenvalue weighted by Gasteiger charge is -2.35. The lowest BCUT2D eigenvalue weighted by molar-refractivity contribution is -0.132. The fourth-order valence-corrected chi connectivity index (χ4v) is 3.73. The molecule has 4 rings (SSSR count). The molecular weight excluding hydrogens is 404 g/mol. The van der Waals surface area contributed by atoms with Gasteiger partial charge in [-0.25, -0.2) is 14.6 Å². The third kappa shape index (κ3) is 4.85. The number of amides is 1. The van der Waals surface area contributed by atoms with Crippen LogP contribution in [0.5, 0.6) is 0 Å². The molecule has 8 nitrogen and oxygen atoms in total. The van der Waals surface area contributed by atoms with E-state index < -0.39 is 0 Å². The van der Waals surface area contributed by atoms with Crippen LogP contribution in [-0.4, -0.2) is 56.7 Å². The third-order valence-corrected chi connectivity index (χ3v) is 5.55. The molecule has 0 atom stereocenters. The quantitative estimate of drug-likeness (QED) is 0.616. The lowest BCUT2D eigenvalue weighted by atomic mass is 10.1. The van der Waals surface area contributed by atoms with Crippen molar-refractivity contribution in [1.82, 2.24) is 24.6 Å². The molecule has 0 saturated carbocycles. The number of piperazine rings is 1. The minimum Gasteiger partial charge on any atom is -0.353 e. The van der Waals surface area contributed by atoms with E-state index in [1.54, 1.807) is 11.0 Å². The van der Waals surface area contributed by atoms with E-state index >= 15 is 0 Å². The highest BCUT2D eigenvalue weighted by atomic mass is 16.2. The van der Waals surface area contributed by atoms with Crippen LogP contribution in [-0.2, 0) is 11.3 Å². The van der Waals surface area contributed by atoms with Crippen LogP contribution >= 0.6 is 0 Å². The van der Waals surface area contributed by atoms with Crippen LogP contribution in [0.2, 0.25) is 0 Å². The van der Waals surface area contributed by atoms with E-state index in [9.17, 15) is 9.59 Å². The van der Waals surface area contributed by atoms with Gasteiger partial charge in [0, 0.05) is 55.5 Å². The normalized spacial score (nSPS) is 14.1. The summed E-state index contributed by atoms with van der Waals surface area (Å²) in [6, 6.07) is 14.8. The predicted octanol–water partition coefficient (Wildman–Crippen LogP) is 2.48. The fourth-order valence-electron chi connectivity index (χ4n) is 3.73. The highest BCUT2D eigenvalue weighted by Gasteiger charge is 2.23. The van der Waals surface area contributed by atoms with Crippen LogP contribution in [0.3, 0.4) is 0 Å². The maximum Gasteiger partial charge on any atom is 0.267 e. The molecule has 1 aliphatic rings. The highest BCUT2D eigenvalue weighted by Crippen LogP contribution is 2.19. The second kappa shape index (κ2) is 9.30. The summed E-state index contributed by atoms with van der Waals surface area (Å²) in [5.41, 5.74) is 2.24. The van der Waals surface area contributed by atoms with Crippen LogP contribution < -0.4 is 10.5 Å². The summed E-state index contributed by atoms with van der Waals surface area (Å²) >= 11 is 0. The molecule has 32 heavy (non-hydrogen) atoms. The van der Waals surface area contributed by atoms with Crippen molar-refractivity contribution in [3.05, 3.63) is 70.4 Å². The first-order chi connectivity index (χ1) is 15.4. The Kier molecular flexibility index (Phi) is 6.30. The fraction of sp³-hybridized carbons (Fsp3) is 0.375. The van der Waals surface area contributed by atoms with Gasteiger partial charge in [-0.2, -0.15) is 5.10 Å². The zero-order valence-corrected chi connectivity index (χ0v) is 18.7. The molecule has 1 saturated heterocycles. The number of rotatable bonds is 5. The van der Waals surface area contributed by atoms with E-state index in [0.29, 0.717) is 31.9 Å². The first-order valence-corrected chi connectivity index (χ1v) is 10.9. The van der Waals surface area contributed by atoms with Gasteiger partial charge in [0.05, 0.1) is 5.69 Å². The van der Waals surface area contributed by atoms with E-state index in [4.69, 9.17) is 4.98 Å². The minimum absolute atomic E-state index is 0.0659. The van der Waals surface area contributed by atoms with Crippen LogP contribution in [0.15, 0.2) is 53.3 Å². The topological polar surface area (TPSA) is 84.2 Å². The molecule has 166 valence electrons. The summed E-state index contributed by atoms with van der Waals surface area (Å²) in [6.07, 6.45) is 0. The molecular formula is C24H28N6O2. The molecule has 3 aromatic rings. The summed E-state index contributed by atoms with van der Waals surface area (Å²) < 4.78 is 1.25. The molecule has 3 heterocycles. The Hall–Kier alpha value is -3.55. The monoisotopic (exact) mass is 432 g/mol. The van der Waals surface area contributed by atoms with Gasteiger partial charge in [-0.1, -0.05) is 44.2 Å². The molecule has 0 radical (unpaired) electrons. The average Bonchev–Trinajstić information content (AvgIpc) is 2.80. The molecule has 2 aromatic heterocycles. The molecule has 8 heteroatoms. The van der Waals surface area contributed by atoms with Crippen molar-refractivity contribution >= 4 is 11.7 Å². The molecule has 0 N–H and O–H groups in total. The van der Waals surface area contributed by atoms with Crippen molar-refractivity contribution in [2.45, 2.75) is 33.2 Å². The number of carbonyl (C=O) groups excluding carboxylic acids is 1. The van der Waals surface area contributed by atoms with Gasteiger partial charge in [0.2, 0.25) is 5.91 Å². The van der Waals surface area contributed by atoms with Gasteiger partial charge in [0.15, 0.2) is 0 Å². The smallest absolute Gasteiger partial charge is 0.267 e. The van der Waals surface area contributed by atoms with Gasteiger partial charge in [-0.05, 0) is 13.0 Å². The Morgan fingerprint density at radius 3 is 2.41 bits per heavy atom. The molecule has 1 amide bonds. The van der Waals surface area contributed by atoms with E-state index in [1.165, 1.54) is 10.7 Å². The maximum absolute atomic E-state index is 12.9. The maximum atomic E-state index is 12.9. The number of nitrogens with zero attached hydrogens (tertiary/aromatic N) is 6. The summed E-state index contributed by atoms with van der Waals surface area (Å²) in [4.78, 5) is 38.4.